The lowest BCUT2D eigenvalue weighted by Gasteiger charge is -2.23. The summed E-state index contributed by atoms with van der Waals surface area (Å²) >= 11 is 0. The van der Waals surface area contributed by atoms with Crippen LogP contribution in [0.25, 0.3) is 0 Å². The van der Waals surface area contributed by atoms with Crippen molar-refractivity contribution in [3.8, 4) is 0 Å². The van der Waals surface area contributed by atoms with Crippen LogP contribution in [0.2, 0.25) is 0 Å². The van der Waals surface area contributed by atoms with Crippen molar-refractivity contribution in [1.82, 2.24) is 0 Å². The zero-order valence-corrected chi connectivity index (χ0v) is 22.1. The highest BCUT2D eigenvalue weighted by atomic mass is 33.1. The van der Waals surface area contributed by atoms with Gasteiger partial charge in [-0.1, -0.05) is 42.5 Å². The molecule has 0 radical (unpaired) electrons. The topological polar surface area (TPSA) is 121 Å². The molecule has 0 amide bonds. The number of allylic oxidation sites excluding steroid dienone is 2. The fourth-order valence-corrected chi connectivity index (χ4v) is 6.13. The van der Waals surface area contributed by atoms with Crippen LogP contribution in [0.5, 0.6) is 0 Å². The first-order valence-electron chi connectivity index (χ1n) is 12.4. The molecular formula is C26H40O7S2. The molecule has 0 heterocycles. The average molecular weight is 529 g/mol. The van der Waals surface area contributed by atoms with E-state index in [2.05, 4.69) is 12.1 Å². The van der Waals surface area contributed by atoms with Gasteiger partial charge in [0.25, 0.3) is 0 Å². The summed E-state index contributed by atoms with van der Waals surface area (Å²) < 4.78 is 27.1. The molecule has 0 aliphatic heterocycles. The van der Waals surface area contributed by atoms with Gasteiger partial charge in [-0.3, -0.25) is 4.79 Å². The van der Waals surface area contributed by atoms with E-state index in [1.807, 2.05) is 30.4 Å². The summed E-state index contributed by atoms with van der Waals surface area (Å²) in [5.74, 6) is -0.195. The molecule has 1 saturated carbocycles. The SMILES string of the molecule is CS(=O)(=O)SCCOC(=O)CCC/C=C\C[C@@H]1[C@@H](CC[C@@H](O)CCc2ccccc2)[C@H](O)C[C@H]1O. The summed E-state index contributed by atoms with van der Waals surface area (Å²) in [6.07, 6.45) is 8.94. The van der Waals surface area contributed by atoms with Gasteiger partial charge in [-0.05, 0) is 79.6 Å². The summed E-state index contributed by atoms with van der Waals surface area (Å²) in [7, 11) is -2.36. The number of benzene rings is 1. The Kier molecular flexibility index (Phi) is 13.4. The van der Waals surface area contributed by atoms with Crippen LogP contribution in [-0.2, 0) is 24.8 Å². The molecule has 1 aliphatic carbocycles. The molecule has 0 aromatic heterocycles. The molecule has 3 N–H and O–H groups in total. The van der Waals surface area contributed by atoms with E-state index < -0.39 is 27.2 Å². The van der Waals surface area contributed by atoms with Gasteiger partial charge in [-0.2, -0.15) is 0 Å². The monoisotopic (exact) mass is 528 g/mol. The lowest BCUT2D eigenvalue weighted by atomic mass is 9.85. The van der Waals surface area contributed by atoms with Crippen LogP contribution in [0.4, 0.5) is 0 Å². The van der Waals surface area contributed by atoms with E-state index in [0.29, 0.717) is 44.9 Å². The van der Waals surface area contributed by atoms with E-state index >= 15 is 0 Å². The minimum atomic E-state index is -3.12. The number of esters is 1. The van der Waals surface area contributed by atoms with Crippen molar-refractivity contribution in [2.45, 2.75) is 76.1 Å². The Bertz CT molecular complexity index is 873. The van der Waals surface area contributed by atoms with Crippen LogP contribution in [0.3, 0.4) is 0 Å². The number of carbonyl (C=O) groups is 1. The summed E-state index contributed by atoms with van der Waals surface area (Å²) in [4.78, 5) is 11.7. The molecule has 0 unspecified atom stereocenters. The number of unbranched alkanes of at least 4 members (excludes halogenated alkanes) is 1. The highest BCUT2D eigenvalue weighted by molar-refractivity contribution is 8.71. The number of hydrogen-bond acceptors (Lipinski definition) is 8. The zero-order valence-electron chi connectivity index (χ0n) is 20.5. The van der Waals surface area contributed by atoms with Gasteiger partial charge in [0.1, 0.15) is 6.61 Å². The molecule has 9 heteroatoms. The minimum absolute atomic E-state index is 0.0409. The van der Waals surface area contributed by atoms with Gasteiger partial charge in [-0.15, -0.1) is 0 Å². The fraction of sp³-hybridized carbons (Fsp3) is 0.654. The van der Waals surface area contributed by atoms with E-state index in [9.17, 15) is 28.5 Å². The maximum atomic E-state index is 11.7. The molecule has 5 atom stereocenters. The van der Waals surface area contributed by atoms with E-state index in [-0.39, 0.29) is 36.6 Å². The lowest BCUT2D eigenvalue weighted by molar-refractivity contribution is -0.143. The van der Waals surface area contributed by atoms with Crippen molar-refractivity contribution in [2.75, 3.05) is 18.6 Å². The molecular weight excluding hydrogens is 488 g/mol. The van der Waals surface area contributed by atoms with Gasteiger partial charge in [0.05, 0.1) is 18.3 Å². The van der Waals surface area contributed by atoms with Gasteiger partial charge < -0.3 is 20.1 Å². The molecule has 0 spiro atoms. The summed E-state index contributed by atoms with van der Waals surface area (Å²) in [5, 5.41) is 31.3. The molecule has 0 saturated heterocycles. The molecule has 1 fully saturated rings. The van der Waals surface area contributed by atoms with Crippen molar-refractivity contribution in [1.29, 1.82) is 0 Å². The Morgan fingerprint density at radius 3 is 2.57 bits per heavy atom. The number of ether oxygens (including phenoxy) is 1. The molecule has 0 bridgehead atoms. The van der Waals surface area contributed by atoms with Crippen LogP contribution < -0.4 is 0 Å². The third kappa shape index (κ3) is 12.4. The Hall–Kier alpha value is -1.39. The van der Waals surface area contributed by atoms with E-state index in [1.54, 1.807) is 0 Å². The number of aryl methyl sites for hydroxylation is 1. The predicted octanol–water partition coefficient (Wildman–Crippen LogP) is 3.47. The highest BCUT2D eigenvalue weighted by Crippen LogP contribution is 2.38. The van der Waals surface area contributed by atoms with Crippen molar-refractivity contribution >= 4 is 25.6 Å². The van der Waals surface area contributed by atoms with Gasteiger partial charge in [0, 0.05) is 18.4 Å². The second-order valence-corrected chi connectivity index (χ2v) is 13.9. The highest BCUT2D eigenvalue weighted by Gasteiger charge is 2.40. The van der Waals surface area contributed by atoms with Crippen LogP contribution in [0.1, 0.15) is 56.9 Å². The standard InChI is InChI=1S/C26H40O7S2/c1-35(31,32)34-18-17-33-26(30)12-8-3-2-7-11-22-23(25(29)19-24(22)28)16-15-21(27)14-13-20-9-5-4-6-10-20/h2,4-7,9-10,21-25,27-29H,3,8,11-19H2,1H3/b7-2-/t21-,22+,23+,24+,25+/m0/s1. The number of rotatable bonds is 16. The molecule has 1 aliphatic rings. The summed E-state index contributed by atoms with van der Waals surface area (Å²) in [5.41, 5.74) is 1.20. The molecule has 198 valence electrons. The van der Waals surface area contributed by atoms with Gasteiger partial charge >= 0.3 is 5.97 Å². The number of hydrogen-bond donors (Lipinski definition) is 3. The first kappa shape index (κ1) is 29.8. The second-order valence-electron chi connectivity index (χ2n) is 9.30. The average Bonchev–Trinajstić information content (AvgIpc) is 3.08. The van der Waals surface area contributed by atoms with Crippen LogP contribution >= 0.6 is 10.8 Å². The predicted molar refractivity (Wildman–Crippen MR) is 139 cm³/mol. The van der Waals surface area contributed by atoms with Crippen LogP contribution in [-0.4, -0.2) is 66.6 Å². The van der Waals surface area contributed by atoms with Crippen LogP contribution in [0, 0.1) is 11.8 Å². The molecule has 35 heavy (non-hydrogen) atoms. The molecule has 2 rings (SSSR count). The third-order valence-electron chi connectivity index (χ3n) is 6.43. The van der Waals surface area contributed by atoms with E-state index in [0.717, 1.165) is 23.5 Å². The molecule has 1 aromatic rings. The van der Waals surface area contributed by atoms with Gasteiger partial charge in [0.2, 0.25) is 0 Å². The van der Waals surface area contributed by atoms with Crippen molar-refractivity contribution in [3.63, 3.8) is 0 Å². The Balaban J connectivity index is 1.64. The first-order valence-corrected chi connectivity index (χ1v) is 15.8. The fourth-order valence-electron chi connectivity index (χ4n) is 4.56. The maximum Gasteiger partial charge on any atom is 0.305 e. The van der Waals surface area contributed by atoms with E-state index in [1.165, 1.54) is 5.56 Å². The van der Waals surface area contributed by atoms with Gasteiger partial charge in [-0.25, -0.2) is 8.42 Å². The molecule has 7 nitrogen and oxygen atoms in total. The lowest BCUT2D eigenvalue weighted by Crippen LogP contribution is -2.23. The largest absolute Gasteiger partial charge is 0.465 e. The van der Waals surface area contributed by atoms with Crippen LogP contribution in [0.15, 0.2) is 42.5 Å². The van der Waals surface area contributed by atoms with Gasteiger partial charge in [0.15, 0.2) is 8.87 Å². The quantitative estimate of drug-likeness (QED) is 0.129. The number of carbonyl (C=O) groups excluding carboxylic acids is 1. The third-order valence-corrected chi connectivity index (χ3v) is 8.98. The number of aliphatic hydroxyl groups is 3. The Morgan fingerprint density at radius 2 is 1.86 bits per heavy atom. The van der Waals surface area contributed by atoms with Crippen molar-refractivity contribution in [2.24, 2.45) is 11.8 Å². The maximum absolute atomic E-state index is 11.7. The second kappa shape index (κ2) is 15.7. The smallest absolute Gasteiger partial charge is 0.305 e. The minimum Gasteiger partial charge on any atom is -0.465 e. The Labute approximate surface area is 213 Å². The van der Waals surface area contributed by atoms with Crippen molar-refractivity contribution < 1.29 is 33.3 Å². The Morgan fingerprint density at radius 1 is 1.14 bits per heavy atom. The molecule has 1 aromatic carbocycles. The van der Waals surface area contributed by atoms with E-state index in [4.69, 9.17) is 4.74 Å². The summed E-state index contributed by atoms with van der Waals surface area (Å²) in [6, 6.07) is 10.1. The van der Waals surface area contributed by atoms with Crippen molar-refractivity contribution in [3.05, 3.63) is 48.0 Å². The zero-order chi connectivity index (χ0) is 25.7. The normalized spacial score (nSPS) is 23.5. The number of aliphatic hydroxyl groups excluding tert-OH is 3. The summed E-state index contributed by atoms with van der Waals surface area (Å²) in [6.45, 7) is 0.0800. The first-order chi connectivity index (χ1) is 16.7.